The Bertz CT molecular complexity index is 557. The predicted molar refractivity (Wildman–Crippen MR) is 62.0 cm³/mol. The monoisotopic (exact) mass is 293 g/mol. The number of amides is 1. The highest BCUT2D eigenvalue weighted by Gasteiger charge is 2.54. The average molecular weight is 293 g/mol. The smallest absolute Gasteiger partial charge is 0.415 e. The molecule has 1 aromatic rings. The quantitative estimate of drug-likeness (QED) is 0.443. The van der Waals surface area contributed by atoms with Crippen LogP contribution in [0.4, 0.5) is 24.5 Å². The summed E-state index contributed by atoms with van der Waals surface area (Å²) in [5.41, 5.74) is 0.629. The molecule has 4 N–H and O–H groups in total. The van der Waals surface area contributed by atoms with Gasteiger partial charge in [0, 0.05) is 12.1 Å². The molecule has 110 valence electrons. The van der Waals surface area contributed by atoms with Crippen LogP contribution in [0.25, 0.3) is 0 Å². The molecular formula is C10H10F3N3O4. The number of carbonyl (C=O) groups excluding carboxylic acids is 1. The summed E-state index contributed by atoms with van der Waals surface area (Å²) in [4.78, 5) is 21.2. The average Bonchev–Trinajstić information content (AvgIpc) is 2.29. The minimum Gasteiger partial charge on any atom is -0.506 e. The van der Waals surface area contributed by atoms with E-state index in [1.165, 1.54) is 0 Å². The van der Waals surface area contributed by atoms with Crippen molar-refractivity contribution in [1.82, 2.24) is 0 Å². The number of non-ortho nitro benzene ring substituents is 1. The number of nitrogens with zero attached hydrogens (tertiary/aromatic N) is 1. The zero-order valence-electron chi connectivity index (χ0n) is 10.1. The maximum absolute atomic E-state index is 12.5. The molecule has 0 aliphatic carbocycles. The number of halogens is 3. The summed E-state index contributed by atoms with van der Waals surface area (Å²) in [6.07, 6.45) is -5.02. The topological polar surface area (TPSA) is 118 Å². The molecule has 0 saturated carbocycles. The molecule has 0 aliphatic rings. The van der Waals surface area contributed by atoms with Crippen LogP contribution < -0.4 is 11.1 Å². The number of carbonyl (C=O) groups is 1. The van der Waals surface area contributed by atoms with Gasteiger partial charge < -0.3 is 16.2 Å². The predicted octanol–water partition coefficient (Wildman–Crippen LogP) is 1.52. The fourth-order valence-electron chi connectivity index (χ4n) is 1.12. The number of anilines is 1. The van der Waals surface area contributed by atoms with Crippen molar-refractivity contribution in [2.75, 3.05) is 5.32 Å². The number of rotatable bonds is 3. The normalized spacial score (nSPS) is 14.4. The van der Waals surface area contributed by atoms with E-state index in [4.69, 9.17) is 5.73 Å². The van der Waals surface area contributed by atoms with Crippen LogP contribution in [-0.4, -0.2) is 27.7 Å². The summed E-state index contributed by atoms with van der Waals surface area (Å²) in [5, 5.41) is 21.6. The van der Waals surface area contributed by atoms with E-state index < -0.39 is 39.7 Å². The van der Waals surface area contributed by atoms with Gasteiger partial charge in [0.05, 0.1) is 10.6 Å². The van der Waals surface area contributed by atoms with Crippen LogP contribution in [0.15, 0.2) is 18.2 Å². The summed E-state index contributed by atoms with van der Waals surface area (Å²) < 4.78 is 37.6. The first-order chi connectivity index (χ1) is 8.96. The Morgan fingerprint density at radius 1 is 1.45 bits per heavy atom. The molecule has 1 unspecified atom stereocenters. The molecule has 7 nitrogen and oxygen atoms in total. The van der Waals surface area contributed by atoms with Gasteiger partial charge in [0.15, 0.2) is 5.54 Å². The molecule has 0 aliphatic heterocycles. The molecule has 0 aromatic heterocycles. The van der Waals surface area contributed by atoms with Crippen molar-refractivity contribution in [2.45, 2.75) is 18.6 Å². The van der Waals surface area contributed by atoms with Gasteiger partial charge in [0.1, 0.15) is 5.75 Å². The van der Waals surface area contributed by atoms with Gasteiger partial charge in [-0.15, -0.1) is 0 Å². The van der Waals surface area contributed by atoms with Crippen molar-refractivity contribution < 1.29 is 28.0 Å². The fraction of sp³-hybridized carbons (Fsp3) is 0.300. The highest BCUT2D eigenvalue weighted by atomic mass is 19.4. The molecule has 1 rings (SSSR count). The van der Waals surface area contributed by atoms with Crippen LogP contribution in [0.5, 0.6) is 5.75 Å². The van der Waals surface area contributed by atoms with Gasteiger partial charge in [-0.3, -0.25) is 14.9 Å². The minimum absolute atomic E-state index is 0.441. The molecule has 1 amide bonds. The van der Waals surface area contributed by atoms with Gasteiger partial charge in [0.25, 0.3) is 11.6 Å². The van der Waals surface area contributed by atoms with E-state index in [0.29, 0.717) is 6.92 Å². The van der Waals surface area contributed by atoms with E-state index >= 15 is 0 Å². The van der Waals surface area contributed by atoms with Crippen LogP contribution in [-0.2, 0) is 4.79 Å². The lowest BCUT2D eigenvalue weighted by Gasteiger charge is -2.26. The Balaban J connectivity index is 3.08. The van der Waals surface area contributed by atoms with E-state index in [1.807, 2.05) is 0 Å². The lowest BCUT2D eigenvalue weighted by atomic mass is 10.0. The molecule has 1 atom stereocenters. The van der Waals surface area contributed by atoms with Crippen molar-refractivity contribution in [2.24, 2.45) is 5.73 Å². The van der Waals surface area contributed by atoms with Gasteiger partial charge in [-0.05, 0) is 13.0 Å². The zero-order valence-corrected chi connectivity index (χ0v) is 10.1. The largest absolute Gasteiger partial charge is 0.506 e. The van der Waals surface area contributed by atoms with Crippen LogP contribution >= 0.6 is 0 Å². The number of nitrogens with one attached hydrogen (secondary N) is 1. The third-order valence-electron chi connectivity index (χ3n) is 2.50. The highest BCUT2D eigenvalue weighted by Crippen LogP contribution is 2.32. The molecule has 0 saturated heterocycles. The molecule has 0 heterocycles. The number of phenolic OH excluding ortho intramolecular Hbond substituents is 1. The van der Waals surface area contributed by atoms with E-state index in [-0.39, 0.29) is 0 Å². The highest BCUT2D eigenvalue weighted by molar-refractivity contribution is 5.99. The van der Waals surface area contributed by atoms with Gasteiger partial charge >= 0.3 is 6.18 Å². The van der Waals surface area contributed by atoms with Crippen LogP contribution in [0.3, 0.4) is 0 Å². The molecule has 0 radical (unpaired) electrons. The SMILES string of the molecule is CC(N)(C(=O)Nc1cc([N+](=O)[O-])ccc1O)C(F)(F)F. The number of hydrogen-bond donors (Lipinski definition) is 3. The number of benzene rings is 1. The number of alkyl halides is 3. The third-order valence-corrected chi connectivity index (χ3v) is 2.50. The minimum atomic E-state index is -5.02. The number of nitro benzene ring substituents is 1. The van der Waals surface area contributed by atoms with Crippen molar-refractivity contribution in [1.29, 1.82) is 0 Å². The molecule has 0 spiro atoms. The second kappa shape index (κ2) is 4.96. The fourth-order valence-corrected chi connectivity index (χ4v) is 1.12. The molecule has 1 aromatic carbocycles. The maximum atomic E-state index is 12.5. The standard InChI is InChI=1S/C10H10F3N3O4/c1-9(14,10(11,12)13)8(18)15-6-4-5(16(19)20)2-3-7(6)17/h2-4,17H,14H2,1H3,(H,15,18). The van der Waals surface area contributed by atoms with Gasteiger partial charge in [0.2, 0.25) is 0 Å². The molecular weight excluding hydrogens is 283 g/mol. The summed E-state index contributed by atoms with van der Waals surface area (Å²) in [6.45, 7) is 0.441. The van der Waals surface area contributed by atoms with Crippen LogP contribution in [0.1, 0.15) is 6.92 Å². The first-order valence-electron chi connectivity index (χ1n) is 5.11. The number of phenols is 1. The Hall–Kier alpha value is -2.36. The Kier molecular flexibility index (Phi) is 3.89. The summed E-state index contributed by atoms with van der Waals surface area (Å²) in [7, 11) is 0. The number of aromatic hydroxyl groups is 1. The lowest BCUT2D eigenvalue weighted by molar-refractivity contribution is -0.384. The van der Waals surface area contributed by atoms with Crippen molar-refractivity contribution in [3.8, 4) is 5.75 Å². The second-order valence-electron chi connectivity index (χ2n) is 4.11. The first-order valence-corrected chi connectivity index (χ1v) is 5.11. The molecule has 10 heteroatoms. The number of nitrogens with two attached hydrogens (primary N) is 1. The van der Waals surface area contributed by atoms with E-state index in [0.717, 1.165) is 18.2 Å². The summed E-state index contributed by atoms with van der Waals surface area (Å²) >= 11 is 0. The first kappa shape index (κ1) is 15.7. The Morgan fingerprint density at radius 3 is 2.45 bits per heavy atom. The maximum Gasteiger partial charge on any atom is 0.415 e. The molecule has 20 heavy (non-hydrogen) atoms. The number of hydrogen-bond acceptors (Lipinski definition) is 5. The van der Waals surface area contributed by atoms with E-state index in [1.54, 1.807) is 5.32 Å². The van der Waals surface area contributed by atoms with Crippen LogP contribution in [0.2, 0.25) is 0 Å². The van der Waals surface area contributed by atoms with Crippen molar-refractivity contribution in [3.63, 3.8) is 0 Å². The summed E-state index contributed by atoms with van der Waals surface area (Å²) in [5.74, 6) is -2.28. The van der Waals surface area contributed by atoms with Crippen LogP contribution in [0, 0.1) is 10.1 Å². The number of nitro groups is 1. The second-order valence-corrected chi connectivity index (χ2v) is 4.11. The van der Waals surface area contributed by atoms with Crippen molar-refractivity contribution >= 4 is 17.3 Å². The van der Waals surface area contributed by atoms with Crippen molar-refractivity contribution in [3.05, 3.63) is 28.3 Å². The summed E-state index contributed by atoms with van der Waals surface area (Å²) in [6, 6.07) is 2.52. The Labute approximate surface area is 110 Å². The van der Waals surface area contributed by atoms with E-state index in [9.17, 15) is 33.2 Å². The van der Waals surface area contributed by atoms with Gasteiger partial charge in [-0.2, -0.15) is 13.2 Å². The molecule has 0 bridgehead atoms. The Morgan fingerprint density at radius 2 is 2.00 bits per heavy atom. The van der Waals surface area contributed by atoms with Gasteiger partial charge in [-0.25, -0.2) is 0 Å². The van der Waals surface area contributed by atoms with Gasteiger partial charge in [-0.1, -0.05) is 0 Å². The van der Waals surface area contributed by atoms with E-state index in [2.05, 4.69) is 0 Å². The third kappa shape index (κ3) is 2.96. The zero-order chi connectivity index (χ0) is 15.7. The lowest BCUT2D eigenvalue weighted by Crippen LogP contribution is -2.59. The molecule has 0 fully saturated rings.